The highest BCUT2D eigenvalue weighted by Crippen LogP contribution is 2.14. The van der Waals surface area contributed by atoms with E-state index < -0.39 is 0 Å². The molecule has 18 heavy (non-hydrogen) atoms. The van der Waals surface area contributed by atoms with Crippen molar-refractivity contribution in [3.8, 4) is 0 Å². The Kier molecular flexibility index (Phi) is 4.06. The lowest BCUT2D eigenvalue weighted by atomic mass is 10.3. The number of hydrogen-bond acceptors (Lipinski definition) is 6. The molecular weight excluding hydrogens is 232 g/mol. The number of nitrogen functional groups attached to an aromatic ring is 1. The van der Waals surface area contributed by atoms with Crippen molar-refractivity contribution >= 4 is 17.0 Å². The minimum Gasteiger partial charge on any atom is -0.382 e. The van der Waals surface area contributed by atoms with Crippen molar-refractivity contribution in [2.45, 2.75) is 19.4 Å². The van der Waals surface area contributed by atoms with Crippen LogP contribution in [0.15, 0.2) is 12.7 Å². The minimum atomic E-state index is 0.429. The fraction of sp³-hybridized carbons (Fsp3) is 0.545. The Labute approximate surface area is 106 Å². The third kappa shape index (κ3) is 2.74. The van der Waals surface area contributed by atoms with Crippen LogP contribution in [0, 0.1) is 0 Å². The Hall–Kier alpha value is -1.73. The smallest absolute Gasteiger partial charge is 0.165 e. The standard InChI is InChI=1S/C11H18N6O/c1-16(18-2)5-3-4-6-17-8-15-9-10(12)13-7-14-11(9)17/h7-8H,3-6H2,1-2H3,(H2,12,13,14). The van der Waals surface area contributed by atoms with Crippen LogP contribution < -0.4 is 5.73 Å². The molecule has 2 rings (SSSR count). The van der Waals surface area contributed by atoms with Crippen molar-refractivity contribution in [2.75, 3.05) is 26.4 Å². The van der Waals surface area contributed by atoms with Gasteiger partial charge in [-0.2, -0.15) is 5.06 Å². The van der Waals surface area contributed by atoms with Crippen molar-refractivity contribution in [1.82, 2.24) is 24.6 Å². The molecule has 0 amide bonds. The molecule has 0 radical (unpaired) electrons. The van der Waals surface area contributed by atoms with Crippen LogP contribution in [-0.4, -0.2) is 45.3 Å². The summed E-state index contributed by atoms with van der Waals surface area (Å²) < 4.78 is 2.00. The van der Waals surface area contributed by atoms with Crippen molar-refractivity contribution in [2.24, 2.45) is 0 Å². The summed E-state index contributed by atoms with van der Waals surface area (Å²) in [6.07, 6.45) is 5.30. The molecule has 7 nitrogen and oxygen atoms in total. The monoisotopic (exact) mass is 250 g/mol. The number of unbranched alkanes of at least 4 members (excludes halogenated alkanes) is 1. The van der Waals surface area contributed by atoms with Crippen molar-refractivity contribution in [3.63, 3.8) is 0 Å². The molecule has 0 saturated carbocycles. The van der Waals surface area contributed by atoms with Crippen molar-refractivity contribution < 1.29 is 4.84 Å². The van der Waals surface area contributed by atoms with Gasteiger partial charge in [0.25, 0.3) is 0 Å². The maximum atomic E-state index is 5.73. The van der Waals surface area contributed by atoms with Crippen LogP contribution in [-0.2, 0) is 11.4 Å². The number of aromatic nitrogens is 4. The average Bonchev–Trinajstić information content (AvgIpc) is 2.79. The topological polar surface area (TPSA) is 82.1 Å². The maximum absolute atomic E-state index is 5.73. The molecule has 0 bridgehead atoms. The lowest BCUT2D eigenvalue weighted by Crippen LogP contribution is -2.18. The predicted octanol–water partition coefficient (Wildman–Crippen LogP) is 0.682. The molecule has 2 aromatic rings. The van der Waals surface area contributed by atoms with Crippen LogP contribution in [0.5, 0.6) is 0 Å². The molecule has 0 aliphatic rings. The highest BCUT2D eigenvalue weighted by Gasteiger charge is 2.07. The second kappa shape index (κ2) is 5.74. The van der Waals surface area contributed by atoms with Gasteiger partial charge in [0, 0.05) is 20.1 Å². The SMILES string of the molecule is CON(C)CCCCn1cnc2c(N)ncnc21. The van der Waals surface area contributed by atoms with E-state index >= 15 is 0 Å². The zero-order valence-corrected chi connectivity index (χ0v) is 10.7. The third-order valence-corrected chi connectivity index (χ3v) is 2.86. The molecular formula is C11H18N6O. The second-order valence-corrected chi connectivity index (χ2v) is 4.11. The molecule has 0 aromatic carbocycles. The van der Waals surface area contributed by atoms with Gasteiger partial charge in [-0.15, -0.1) is 0 Å². The third-order valence-electron chi connectivity index (χ3n) is 2.86. The first-order valence-electron chi connectivity index (χ1n) is 5.89. The van der Waals surface area contributed by atoms with Crippen LogP contribution in [0.3, 0.4) is 0 Å². The van der Waals surface area contributed by atoms with Gasteiger partial charge in [-0.05, 0) is 12.8 Å². The van der Waals surface area contributed by atoms with Crippen LogP contribution in [0.4, 0.5) is 5.82 Å². The van der Waals surface area contributed by atoms with Gasteiger partial charge in [0.05, 0.1) is 13.4 Å². The number of fused-ring (bicyclic) bond motifs is 1. The summed E-state index contributed by atoms with van der Waals surface area (Å²) in [5.41, 5.74) is 7.20. The van der Waals surface area contributed by atoms with Crippen LogP contribution in [0.1, 0.15) is 12.8 Å². The summed E-state index contributed by atoms with van der Waals surface area (Å²) in [5, 5.41) is 1.81. The molecule has 2 N–H and O–H groups in total. The Balaban J connectivity index is 1.94. The summed E-state index contributed by atoms with van der Waals surface area (Å²) in [5.74, 6) is 0.429. The van der Waals surface area contributed by atoms with E-state index in [0.717, 1.165) is 31.6 Å². The van der Waals surface area contributed by atoms with Crippen LogP contribution in [0.25, 0.3) is 11.2 Å². The molecule has 0 fully saturated rings. The number of anilines is 1. The number of hydrogen-bond donors (Lipinski definition) is 1. The lowest BCUT2D eigenvalue weighted by molar-refractivity contribution is -0.109. The predicted molar refractivity (Wildman–Crippen MR) is 68.6 cm³/mol. The summed E-state index contributed by atoms with van der Waals surface area (Å²) in [7, 11) is 3.59. The fourth-order valence-corrected chi connectivity index (χ4v) is 1.77. The van der Waals surface area contributed by atoms with Gasteiger partial charge >= 0.3 is 0 Å². The van der Waals surface area contributed by atoms with Crippen molar-refractivity contribution in [3.05, 3.63) is 12.7 Å². The number of hydroxylamine groups is 2. The Morgan fingerprint density at radius 2 is 2.17 bits per heavy atom. The Morgan fingerprint density at radius 3 is 2.94 bits per heavy atom. The number of imidazole rings is 1. The van der Waals surface area contributed by atoms with E-state index in [9.17, 15) is 0 Å². The molecule has 7 heteroatoms. The molecule has 2 aromatic heterocycles. The molecule has 0 aliphatic heterocycles. The quantitative estimate of drug-likeness (QED) is 0.599. The molecule has 0 saturated heterocycles. The first-order valence-corrected chi connectivity index (χ1v) is 5.89. The van der Waals surface area contributed by atoms with Crippen LogP contribution in [0.2, 0.25) is 0 Å². The van der Waals surface area contributed by atoms with Gasteiger partial charge in [-0.3, -0.25) is 0 Å². The van der Waals surface area contributed by atoms with E-state index in [-0.39, 0.29) is 0 Å². The summed E-state index contributed by atoms with van der Waals surface area (Å²) in [6.45, 7) is 1.77. The van der Waals surface area contributed by atoms with Gasteiger partial charge in [0.1, 0.15) is 11.8 Å². The zero-order chi connectivity index (χ0) is 13.0. The van der Waals surface area contributed by atoms with Gasteiger partial charge in [-0.25, -0.2) is 15.0 Å². The number of nitrogens with two attached hydrogens (primary N) is 1. The van der Waals surface area contributed by atoms with E-state index in [4.69, 9.17) is 10.6 Å². The average molecular weight is 250 g/mol. The first kappa shape index (κ1) is 12.7. The molecule has 0 aliphatic carbocycles. The second-order valence-electron chi connectivity index (χ2n) is 4.11. The number of aryl methyl sites for hydroxylation is 1. The van der Waals surface area contributed by atoms with Crippen LogP contribution >= 0.6 is 0 Å². The Bertz CT molecular complexity index is 511. The number of rotatable bonds is 6. The minimum absolute atomic E-state index is 0.429. The Morgan fingerprint density at radius 1 is 1.33 bits per heavy atom. The summed E-state index contributed by atoms with van der Waals surface area (Å²) in [6, 6.07) is 0. The van der Waals surface area contributed by atoms with E-state index in [2.05, 4.69) is 15.0 Å². The summed E-state index contributed by atoms with van der Waals surface area (Å²) >= 11 is 0. The highest BCUT2D eigenvalue weighted by molar-refractivity contribution is 5.80. The molecule has 2 heterocycles. The number of nitrogens with zero attached hydrogens (tertiary/aromatic N) is 5. The largest absolute Gasteiger partial charge is 0.382 e. The van der Waals surface area contributed by atoms with Gasteiger partial charge in [0.2, 0.25) is 0 Å². The van der Waals surface area contributed by atoms with Gasteiger partial charge in [0.15, 0.2) is 11.5 Å². The lowest BCUT2D eigenvalue weighted by Gasteiger charge is -2.12. The van der Waals surface area contributed by atoms with Gasteiger partial charge < -0.3 is 15.1 Å². The van der Waals surface area contributed by atoms with E-state index in [1.165, 1.54) is 6.33 Å². The van der Waals surface area contributed by atoms with E-state index in [1.54, 1.807) is 13.4 Å². The molecule has 0 atom stereocenters. The molecule has 0 unspecified atom stereocenters. The fourth-order valence-electron chi connectivity index (χ4n) is 1.77. The van der Waals surface area contributed by atoms with Gasteiger partial charge in [-0.1, -0.05) is 0 Å². The van der Waals surface area contributed by atoms with E-state index in [0.29, 0.717) is 11.3 Å². The molecule has 98 valence electrons. The normalized spacial score (nSPS) is 11.5. The first-order chi connectivity index (χ1) is 8.72. The van der Waals surface area contributed by atoms with E-state index in [1.807, 2.05) is 16.7 Å². The summed E-state index contributed by atoms with van der Waals surface area (Å²) in [4.78, 5) is 17.4. The molecule has 0 spiro atoms. The highest BCUT2D eigenvalue weighted by atomic mass is 16.7. The van der Waals surface area contributed by atoms with Crippen molar-refractivity contribution in [1.29, 1.82) is 0 Å². The zero-order valence-electron chi connectivity index (χ0n) is 10.7. The maximum Gasteiger partial charge on any atom is 0.165 e.